The lowest BCUT2D eigenvalue weighted by molar-refractivity contribution is 0.102. The summed E-state index contributed by atoms with van der Waals surface area (Å²) in [5, 5.41) is 0. The van der Waals surface area contributed by atoms with E-state index in [0.717, 1.165) is 11.4 Å². The highest BCUT2D eigenvalue weighted by Gasteiger charge is 2.38. The average Bonchev–Trinajstić information content (AvgIpc) is 3.47. The highest BCUT2D eigenvalue weighted by Crippen LogP contribution is 2.48. The number of aromatic nitrogens is 1. The molecular weight excluding hydrogens is 504 g/mol. The van der Waals surface area contributed by atoms with E-state index in [4.69, 9.17) is 0 Å². The lowest BCUT2D eigenvalue weighted by atomic mass is 9.82. The van der Waals surface area contributed by atoms with Crippen molar-refractivity contribution >= 4 is 40.2 Å². The van der Waals surface area contributed by atoms with E-state index < -0.39 is 0 Å². The van der Waals surface area contributed by atoms with Gasteiger partial charge in [0.2, 0.25) is 11.6 Å². The molecule has 0 radical (unpaired) electrons. The van der Waals surface area contributed by atoms with Crippen LogP contribution in [0.25, 0.3) is 22.8 Å². The van der Waals surface area contributed by atoms with Gasteiger partial charge in [-0.25, -0.2) is 0 Å². The molecule has 1 aliphatic carbocycles. The zero-order valence-electron chi connectivity index (χ0n) is 22.3. The molecule has 0 saturated carbocycles. The second kappa shape index (κ2) is 9.17. The summed E-state index contributed by atoms with van der Waals surface area (Å²) in [5.41, 5.74) is 6.16. The van der Waals surface area contributed by atoms with Crippen molar-refractivity contribution in [2.45, 2.75) is 32.7 Å². The Morgan fingerprint density at radius 1 is 0.821 bits per heavy atom. The Bertz CT molecular complexity index is 1850. The smallest absolute Gasteiger partial charge is 0.269 e. The fraction of sp³-hybridized carbons (Fsp3) is 0.182. The van der Waals surface area contributed by atoms with E-state index in [0.29, 0.717) is 26.9 Å². The van der Waals surface area contributed by atoms with Crippen LogP contribution in [-0.2, 0) is 12.0 Å². The molecule has 0 fully saturated rings. The Kier molecular flexibility index (Phi) is 5.88. The lowest BCUT2D eigenvalue weighted by Crippen LogP contribution is -2.32. The topological polar surface area (TPSA) is 59.4 Å². The Balaban J connectivity index is 1.47. The van der Waals surface area contributed by atoms with E-state index in [9.17, 15) is 14.4 Å². The molecule has 2 aliphatic rings. The first-order valence-corrected chi connectivity index (χ1v) is 13.8. The number of carbonyl (C=O) groups excluding carboxylic acids is 2. The van der Waals surface area contributed by atoms with Crippen LogP contribution in [0.15, 0.2) is 89.4 Å². The second-order valence-electron chi connectivity index (χ2n) is 10.4. The van der Waals surface area contributed by atoms with Gasteiger partial charge in [-0.05, 0) is 47.9 Å². The number of thiazole rings is 1. The molecule has 1 aliphatic heterocycles. The summed E-state index contributed by atoms with van der Waals surface area (Å²) in [6, 6.07) is 23.7. The highest BCUT2D eigenvalue weighted by molar-refractivity contribution is 7.08. The van der Waals surface area contributed by atoms with Crippen LogP contribution in [0.2, 0.25) is 0 Å². The van der Waals surface area contributed by atoms with Crippen molar-refractivity contribution in [3.63, 3.8) is 0 Å². The molecule has 39 heavy (non-hydrogen) atoms. The molecular formula is C33H28N2O3S. The van der Waals surface area contributed by atoms with Crippen molar-refractivity contribution in [3.05, 3.63) is 121 Å². The quantitative estimate of drug-likeness (QED) is 0.376. The van der Waals surface area contributed by atoms with E-state index in [2.05, 4.69) is 49.1 Å². The van der Waals surface area contributed by atoms with Gasteiger partial charge >= 0.3 is 0 Å². The standard InChI is InChI=1S/C33H28N2O3S/c1-5-35-31(38)26(39-32(35)28-29(36)22-13-9-10-14-23(22)30(28)37)17-18-27-33(2,3)24-19-21(15-16-25(24)34(27)4)20-11-7-6-8-12-20/h6-19H,5H2,1-4H3/b26-17?,27-18+. The molecule has 6 rings (SSSR count). The van der Waals surface area contributed by atoms with Gasteiger partial charge in [-0.3, -0.25) is 19.0 Å². The van der Waals surface area contributed by atoms with E-state index in [-0.39, 0.29) is 28.1 Å². The predicted molar refractivity (Wildman–Crippen MR) is 158 cm³/mol. The molecule has 4 aromatic rings. The lowest BCUT2D eigenvalue weighted by Gasteiger charge is -2.23. The van der Waals surface area contributed by atoms with E-state index >= 15 is 0 Å². The summed E-state index contributed by atoms with van der Waals surface area (Å²) in [6.45, 7) is 6.61. The molecule has 2 heterocycles. The van der Waals surface area contributed by atoms with Gasteiger partial charge in [0.15, 0.2) is 0 Å². The Hall–Kier alpha value is -4.29. The number of hydrogen-bond acceptors (Lipinski definition) is 5. The molecule has 3 aromatic carbocycles. The van der Waals surface area contributed by atoms with Gasteiger partial charge in [0, 0.05) is 41.5 Å². The van der Waals surface area contributed by atoms with Crippen LogP contribution >= 0.6 is 11.3 Å². The van der Waals surface area contributed by atoms with Crippen LogP contribution in [0.3, 0.4) is 0 Å². The van der Waals surface area contributed by atoms with Gasteiger partial charge in [-0.2, -0.15) is 0 Å². The Labute approximate surface area is 230 Å². The summed E-state index contributed by atoms with van der Waals surface area (Å²) in [7, 11) is 2.04. The molecule has 6 heteroatoms. The number of hydrogen-bond donors (Lipinski definition) is 0. The van der Waals surface area contributed by atoms with E-state index in [1.54, 1.807) is 24.3 Å². The molecule has 0 N–H and O–H groups in total. The first kappa shape index (κ1) is 25.0. The van der Waals surface area contributed by atoms with Crippen molar-refractivity contribution in [1.82, 2.24) is 4.57 Å². The van der Waals surface area contributed by atoms with Gasteiger partial charge in [0.05, 0.1) is 4.53 Å². The van der Waals surface area contributed by atoms with Gasteiger partial charge in [-0.1, -0.05) is 74.5 Å². The fourth-order valence-electron chi connectivity index (χ4n) is 5.75. The molecule has 5 nitrogen and oxygen atoms in total. The Morgan fingerprint density at radius 2 is 1.46 bits per heavy atom. The third-order valence-electron chi connectivity index (χ3n) is 7.84. The van der Waals surface area contributed by atoms with Crippen molar-refractivity contribution in [3.8, 4) is 11.1 Å². The minimum Gasteiger partial charge on any atom is -0.347 e. The molecule has 194 valence electrons. The van der Waals surface area contributed by atoms with Crippen LogP contribution in [-0.4, -0.2) is 23.2 Å². The zero-order valence-corrected chi connectivity index (χ0v) is 23.1. The minimum absolute atomic E-state index is 0.0895. The highest BCUT2D eigenvalue weighted by atomic mass is 32.1. The van der Waals surface area contributed by atoms with Gasteiger partial charge < -0.3 is 4.90 Å². The van der Waals surface area contributed by atoms with Crippen LogP contribution in [0.4, 0.5) is 5.69 Å². The van der Waals surface area contributed by atoms with Crippen molar-refractivity contribution < 1.29 is 9.59 Å². The number of Topliss-reactive ketones (excluding diaryl/α,β-unsaturated/α-hetero) is 2. The van der Waals surface area contributed by atoms with Gasteiger partial charge in [0.25, 0.3) is 5.56 Å². The van der Waals surface area contributed by atoms with Crippen molar-refractivity contribution in [1.29, 1.82) is 0 Å². The number of allylic oxidation sites excluding steroid dienone is 2. The maximum Gasteiger partial charge on any atom is 0.269 e. The third kappa shape index (κ3) is 3.78. The number of fused-ring (bicyclic) bond motifs is 2. The number of carbonyl (C=O) groups is 2. The molecule has 0 bridgehead atoms. The SMILES string of the molecule is CCn1c(=C2C(=O)c3ccccc3C2=O)sc(=C/C=C2/N(C)c3ccc(-c4ccccc4)cc3C2(C)C)c1=O. The van der Waals surface area contributed by atoms with Gasteiger partial charge in [0.1, 0.15) is 10.2 Å². The Morgan fingerprint density at radius 3 is 2.10 bits per heavy atom. The summed E-state index contributed by atoms with van der Waals surface area (Å²) in [5.74, 6) is -0.629. The zero-order chi connectivity index (χ0) is 27.5. The maximum atomic E-state index is 13.4. The van der Waals surface area contributed by atoms with Crippen LogP contribution < -0.4 is 19.7 Å². The summed E-state index contributed by atoms with van der Waals surface area (Å²) < 4.78 is 2.46. The largest absolute Gasteiger partial charge is 0.347 e. The first-order chi connectivity index (χ1) is 18.7. The number of likely N-dealkylation sites (N-methyl/N-ethyl adjacent to an activating group) is 1. The normalized spacial score (nSPS) is 17.3. The summed E-state index contributed by atoms with van der Waals surface area (Å²) >= 11 is 1.21. The maximum absolute atomic E-state index is 13.4. The molecule has 0 amide bonds. The first-order valence-electron chi connectivity index (χ1n) is 13.0. The van der Waals surface area contributed by atoms with Gasteiger partial charge in [-0.15, -0.1) is 11.3 Å². The number of rotatable bonds is 3. The fourth-order valence-corrected chi connectivity index (χ4v) is 6.91. The molecule has 0 spiro atoms. The van der Waals surface area contributed by atoms with E-state index in [1.807, 2.05) is 44.3 Å². The second-order valence-corrected chi connectivity index (χ2v) is 11.4. The van der Waals surface area contributed by atoms with E-state index in [1.165, 1.54) is 32.6 Å². The van der Waals surface area contributed by atoms with Crippen LogP contribution in [0.5, 0.6) is 0 Å². The van der Waals surface area contributed by atoms with Crippen LogP contribution in [0.1, 0.15) is 47.1 Å². The van der Waals surface area contributed by atoms with Crippen molar-refractivity contribution in [2.75, 3.05) is 11.9 Å². The number of ketones is 2. The monoisotopic (exact) mass is 532 g/mol. The average molecular weight is 533 g/mol. The number of benzene rings is 3. The molecule has 0 atom stereocenters. The minimum atomic E-state index is -0.315. The number of anilines is 1. The van der Waals surface area contributed by atoms with Crippen molar-refractivity contribution in [2.24, 2.45) is 0 Å². The summed E-state index contributed by atoms with van der Waals surface area (Å²) in [4.78, 5) is 41.9. The molecule has 0 unspecified atom stereocenters. The summed E-state index contributed by atoms with van der Waals surface area (Å²) in [6.07, 6.45) is 3.83. The third-order valence-corrected chi connectivity index (χ3v) is 8.99. The van der Waals surface area contributed by atoms with Crippen LogP contribution in [0, 0.1) is 0 Å². The predicted octanol–water partition coefficient (Wildman–Crippen LogP) is 4.92. The number of nitrogens with zero attached hydrogens (tertiary/aromatic N) is 2. The molecule has 1 aromatic heterocycles. The molecule has 0 saturated heterocycles.